The Morgan fingerprint density at radius 1 is 1.19 bits per heavy atom. The number of sulfonamides is 1. The van der Waals surface area contributed by atoms with Gasteiger partial charge in [-0.2, -0.15) is 4.31 Å². The minimum atomic E-state index is -3.59. The maximum Gasteiger partial charge on any atom is 0.257 e. The highest BCUT2D eigenvalue weighted by atomic mass is 32.2. The van der Waals surface area contributed by atoms with Crippen molar-refractivity contribution < 1.29 is 13.2 Å². The van der Waals surface area contributed by atoms with Gasteiger partial charge >= 0.3 is 0 Å². The Kier molecular flexibility index (Phi) is 6.00. The topological polar surface area (TPSA) is 92.3 Å². The molecule has 2 aromatic rings. The zero-order chi connectivity index (χ0) is 18.6. The van der Waals surface area contributed by atoms with Crippen LogP contribution in [0.4, 0.5) is 5.13 Å². The number of nitrogens with zero attached hydrogens (tertiary/aromatic N) is 3. The smallest absolute Gasteiger partial charge is 0.257 e. The van der Waals surface area contributed by atoms with Gasteiger partial charge in [-0.25, -0.2) is 8.42 Å². The molecule has 3 rings (SSSR count). The molecular weight excluding hydrogens is 372 g/mol. The number of amides is 1. The second-order valence-corrected chi connectivity index (χ2v) is 9.15. The van der Waals surface area contributed by atoms with Gasteiger partial charge in [-0.05, 0) is 37.5 Å². The first-order valence-corrected chi connectivity index (χ1v) is 11.0. The first kappa shape index (κ1) is 18.9. The van der Waals surface area contributed by atoms with Crippen LogP contribution in [0.25, 0.3) is 0 Å². The van der Waals surface area contributed by atoms with E-state index in [0.717, 1.165) is 37.1 Å². The number of carbonyl (C=O) groups excluding carboxylic acids is 1. The summed E-state index contributed by atoms with van der Waals surface area (Å²) >= 11 is 1.31. The number of aromatic nitrogens is 2. The lowest BCUT2D eigenvalue weighted by atomic mass is 10.2. The summed E-state index contributed by atoms with van der Waals surface area (Å²) in [7, 11) is -3.59. The fourth-order valence-electron chi connectivity index (χ4n) is 2.85. The van der Waals surface area contributed by atoms with Gasteiger partial charge in [-0.3, -0.25) is 10.1 Å². The SMILES string of the molecule is CCc1nnc(NC(=O)c2cccc(S(=O)(=O)N3CCCCCC3)c2)s1. The Morgan fingerprint density at radius 3 is 2.58 bits per heavy atom. The highest BCUT2D eigenvalue weighted by Gasteiger charge is 2.25. The number of hydrogen-bond donors (Lipinski definition) is 1. The van der Waals surface area contributed by atoms with Gasteiger partial charge in [0.1, 0.15) is 5.01 Å². The van der Waals surface area contributed by atoms with Crippen molar-refractivity contribution in [1.82, 2.24) is 14.5 Å². The summed E-state index contributed by atoms with van der Waals surface area (Å²) in [4.78, 5) is 12.6. The molecular formula is C17H22N4O3S2. The maximum absolute atomic E-state index is 12.9. The molecule has 1 N–H and O–H groups in total. The van der Waals surface area contributed by atoms with Crippen LogP contribution in [0.15, 0.2) is 29.2 Å². The van der Waals surface area contributed by atoms with Gasteiger partial charge in [0.15, 0.2) is 0 Å². The van der Waals surface area contributed by atoms with Crippen LogP contribution < -0.4 is 5.32 Å². The average Bonchev–Trinajstić information content (AvgIpc) is 2.91. The van der Waals surface area contributed by atoms with E-state index in [1.807, 2.05) is 6.92 Å². The molecule has 1 aromatic heterocycles. The number of carbonyl (C=O) groups is 1. The number of aryl methyl sites for hydroxylation is 1. The number of anilines is 1. The molecule has 7 nitrogen and oxygen atoms in total. The summed E-state index contributed by atoms with van der Waals surface area (Å²) in [6.45, 7) is 3.02. The minimum absolute atomic E-state index is 0.151. The fraction of sp³-hybridized carbons (Fsp3) is 0.471. The van der Waals surface area contributed by atoms with E-state index in [2.05, 4.69) is 15.5 Å². The van der Waals surface area contributed by atoms with Gasteiger partial charge in [0.05, 0.1) is 4.90 Å². The lowest BCUT2D eigenvalue weighted by molar-refractivity contribution is 0.102. The van der Waals surface area contributed by atoms with Crippen LogP contribution in [0.3, 0.4) is 0 Å². The van der Waals surface area contributed by atoms with E-state index in [1.165, 1.54) is 27.8 Å². The Morgan fingerprint density at radius 2 is 1.92 bits per heavy atom. The summed E-state index contributed by atoms with van der Waals surface area (Å²) in [6.07, 6.45) is 4.59. The highest BCUT2D eigenvalue weighted by Crippen LogP contribution is 2.22. The van der Waals surface area contributed by atoms with E-state index in [-0.39, 0.29) is 10.5 Å². The standard InChI is InChI=1S/C17H22N4O3S2/c1-2-15-19-20-17(25-15)18-16(22)13-8-7-9-14(12-13)26(23,24)21-10-5-3-4-6-11-21/h7-9,12H,2-6,10-11H2,1H3,(H,18,20,22). The Labute approximate surface area is 157 Å². The molecule has 2 heterocycles. The molecule has 0 radical (unpaired) electrons. The number of rotatable bonds is 5. The summed E-state index contributed by atoms with van der Waals surface area (Å²) in [5.74, 6) is -0.392. The Balaban J connectivity index is 1.79. The van der Waals surface area contributed by atoms with Crippen molar-refractivity contribution in [2.75, 3.05) is 18.4 Å². The number of benzene rings is 1. The van der Waals surface area contributed by atoms with Crippen LogP contribution in [-0.2, 0) is 16.4 Å². The first-order chi connectivity index (χ1) is 12.5. The molecule has 0 atom stereocenters. The molecule has 0 unspecified atom stereocenters. The second kappa shape index (κ2) is 8.24. The van der Waals surface area contributed by atoms with Crippen LogP contribution in [0.2, 0.25) is 0 Å². The molecule has 0 spiro atoms. The van der Waals surface area contributed by atoms with E-state index in [9.17, 15) is 13.2 Å². The van der Waals surface area contributed by atoms with E-state index >= 15 is 0 Å². The van der Waals surface area contributed by atoms with Crippen molar-refractivity contribution in [3.8, 4) is 0 Å². The Hall–Kier alpha value is -1.84. The third kappa shape index (κ3) is 4.28. The van der Waals surface area contributed by atoms with Crippen molar-refractivity contribution in [3.05, 3.63) is 34.8 Å². The van der Waals surface area contributed by atoms with Crippen molar-refractivity contribution in [1.29, 1.82) is 0 Å². The molecule has 0 saturated carbocycles. The molecule has 26 heavy (non-hydrogen) atoms. The molecule has 140 valence electrons. The minimum Gasteiger partial charge on any atom is -0.296 e. The van der Waals surface area contributed by atoms with Gasteiger partial charge in [0, 0.05) is 18.7 Å². The van der Waals surface area contributed by atoms with Gasteiger partial charge in [-0.1, -0.05) is 37.2 Å². The monoisotopic (exact) mass is 394 g/mol. The fourth-order valence-corrected chi connectivity index (χ4v) is 5.08. The van der Waals surface area contributed by atoms with Crippen molar-refractivity contribution in [3.63, 3.8) is 0 Å². The molecule has 0 bridgehead atoms. The van der Waals surface area contributed by atoms with Gasteiger partial charge < -0.3 is 0 Å². The molecule has 1 aliphatic heterocycles. The van der Waals surface area contributed by atoms with E-state index in [1.54, 1.807) is 12.1 Å². The maximum atomic E-state index is 12.9. The second-order valence-electron chi connectivity index (χ2n) is 6.15. The zero-order valence-corrected chi connectivity index (χ0v) is 16.3. The largest absolute Gasteiger partial charge is 0.296 e. The first-order valence-electron chi connectivity index (χ1n) is 8.74. The predicted molar refractivity (Wildman–Crippen MR) is 101 cm³/mol. The van der Waals surface area contributed by atoms with E-state index in [0.29, 0.717) is 18.2 Å². The molecule has 1 saturated heterocycles. The average molecular weight is 395 g/mol. The van der Waals surface area contributed by atoms with Crippen LogP contribution in [0.1, 0.15) is 48.0 Å². The summed E-state index contributed by atoms with van der Waals surface area (Å²) in [6, 6.07) is 6.16. The third-order valence-electron chi connectivity index (χ3n) is 4.29. The van der Waals surface area contributed by atoms with E-state index in [4.69, 9.17) is 0 Å². The number of nitrogens with one attached hydrogen (secondary N) is 1. The van der Waals surface area contributed by atoms with Gasteiger partial charge in [0.2, 0.25) is 15.2 Å². The van der Waals surface area contributed by atoms with Crippen molar-refractivity contribution in [2.45, 2.75) is 43.9 Å². The molecule has 1 aromatic carbocycles. The van der Waals surface area contributed by atoms with Crippen LogP contribution >= 0.6 is 11.3 Å². The molecule has 1 fully saturated rings. The molecule has 1 aliphatic rings. The lowest BCUT2D eigenvalue weighted by Gasteiger charge is -2.20. The van der Waals surface area contributed by atoms with E-state index < -0.39 is 15.9 Å². The quantitative estimate of drug-likeness (QED) is 0.842. The molecule has 0 aliphatic carbocycles. The normalized spacial score (nSPS) is 16.2. The van der Waals surface area contributed by atoms with Crippen LogP contribution in [-0.4, -0.2) is 41.9 Å². The molecule has 9 heteroatoms. The van der Waals surface area contributed by atoms with Gasteiger partial charge in [-0.15, -0.1) is 10.2 Å². The lowest BCUT2D eigenvalue weighted by Crippen LogP contribution is -2.32. The Bertz CT molecular complexity index is 872. The van der Waals surface area contributed by atoms with Crippen molar-refractivity contribution in [2.24, 2.45) is 0 Å². The van der Waals surface area contributed by atoms with Crippen LogP contribution in [0.5, 0.6) is 0 Å². The predicted octanol–water partition coefficient (Wildman–Crippen LogP) is 2.92. The van der Waals surface area contributed by atoms with Crippen LogP contribution in [0, 0.1) is 0 Å². The summed E-state index contributed by atoms with van der Waals surface area (Å²) in [5, 5.41) is 11.8. The number of hydrogen-bond acceptors (Lipinski definition) is 6. The highest BCUT2D eigenvalue weighted by molar-refractivity contribution is 7.89. The third-order valence-corrected chi connectivity index (χ3v) is 7.17. The van der Waals surface area contributed by atoms with Crippen molar-refractivity contribution >= 4 is 32.4 Å². The summed E-state index contributed by atoms with van der Waals surface area (Å²) < 4.78 is 27.3. The molecule has 1 amide bonds. The summed E-state index contributed by atoms with van der Waals surface area (Å²) in [5.41, 5.74) is 0.286. The van der Waals surface area contributed by atoms with Gasteiger partial charge in [0.25, 0.3) is 5.91 Å². The zero-order valence-electron chi connectivity index (χ0n) is 14.6.